The van der Waals surface area contributed by atoms with Crippen molar-refractivity contribution in [2.45, 2.75) is 13.3 Å². The summed E-state index contributed by atoms with van der Waals surface area (Å²) in [4.78, 5) is 12.9. The van der Waals surface area contributed by atoms with Crippen LogP contribution < -0.4 is 5.32 Å². The topological polar surface area (TPSA) is 52.6 Å². The van der Waals surface area contributed by atoms with Gasteiger partial charge in [-0.2, -0.15) is 0 Å². The lowest BCUT2D eigenvalue weighted by atomic mass is 10.4. The highest BCUT2D eigenvalue weighted by Crippen LogP contribution is 1.89. The van der Waals surface area contributed by atoms with E-state index in [1.165, 1.54) is 0 Å². The van der Waals surface area contributed by atoms with Crippen molar-refractivity contribution < 1.29 is 9.90 Å². The number of hydrogen-bond donors (Lipinski definition) is 2. The van der Waals surface area contributed by atoms with Gasteiger partial charge in [0.2, 0.25) is 5.91 Å². The van der Waals surface area contributed by atoms with E-state index >= 15 is 0 Å². The molecule has 12 heavy (non-hydrogen) atoms. The Labute approximate surface area is 73.6 Å². The minimum Gasteiger partial charge on any atom is -0.395 e. The number of nitrogens with zero attached hydrogens (tertiary/aromatic N) is 1. The van der Waals surface area contributed by atoms with Crippen molar-refractivity contribution in [2.24, 2.45) is 0 Å². The Morgan fingerprint density at radius 3 is 2.58 bits per heavy atom. The lowest BCUT2D eigenvalue weighted by Crippen LogP contribution is -2.37. The molecule has 0 aromatic rings. The van der Waals surface area contributed by atoms with Gasteiger partial charge in [0, 0.05) is 13.6 Å². The predicted octanol–water partition coefficient (Wildman–Crippen LogP) is -0.563. The molecule has 0 unspecified atom stereocenters. The molecule has 0 rings (SSSR count). The largest absolute Gasteiger partial charge is 0.395 e. The van der Waals surface area contributed by atoms with Gasteiger partial charge >= 0.3 is 0 Å². The molecule has 0 spiro atoms. The van der Waals surface area contributed by atoms with Crippen molar-refractivity contribution in [3.8, 4) is 0 Å². The van der Waals surface area contributed by atoms with Gasteiger partial charge in [0.05, 0.1) is 13.2 Å². The van der Waals surface area contributed by atoms with E-state index in [1.807, 2.05) is 11.8 Å². The van der Waals surface area contributed by atoms with Gasteiger partial charge in [-0.15, -0.1) is 0 Å². The molecule has 0 radical (unpaired) electrons. The van der Waals surface area contributed by atoms with Crippen LogP contribution in [0.2, 0.25) is 0 Å². The Hall–Kier alpha value is -0.610. The third-order valence-electron chi connectivity index (χ3n) is 1.60. The average Bonchev–Trinajstić information content (AvgIpc) is 2.05. The van der Waals surface area contributed by atoms with Gasteiger partial charge in [-0.25, -0.2) is 0 Å². The normalized spacial score (nSPS) is 10.3. The molecule has 0 fully saturated rings. The molecule has 0 bridgehead atoms. The standard InChI is InChI=1S/C8H18N2O2/c1-3-4-10(5-6-11)7-8(12)9-2/h11H,3-7H2,1-2H3,(H,9,12). The van der Waals surface area contributed by atoms with Gasteiger partial charge in [-0.3, -0.25) is 9.69 Å². The number of likely N-dealkylation sites (N-methyl/N-ethyl adjacent to an activating group) is 1. The third-order valence-corrected chi connectivity index (χ3v) is 1.60. The van der Waals surface area contributed by atoms with Gasteiger partial charge in [0.15, 0.2) is 0 Å². The van der Waals surface area contributed by atoms with Crippen LogP contribution in [0.3, 0.4) is 0 Å². The van der Waals surface area contributed by atoms with Crippen molar-refractivity contribution in [3.63, 3.8) is 0 Å². The lowest BCUT2D eigenvalue weighted by Gasteiger charge is -2.18. The maximum atomic E-state index is 10.9. The van der Waals surface area contributed by atoms with Crippen LogP contribution in [0.5, 0.6) is 0 Å². The molecule has 72 valence electrons. The Morgan fingerprint density at radius 1 is 1.50 bits per heavy atom. The molecular formula is C8H18N2O2. The zero-order valence-corrected chi connectivity index (χ0v) is 7.84. The van der Waals surface area contributed by atoms with Crippen LogP contribution in [-0.2, 0) is 4.79 Å². The van der Waals surface area contributed by atoms with Gasteiger partial charge in [0.25, 0.3) is 0 Å². The number of rotatable bonds is 6. The molecule has 4 nitrogen and oxygen atoms in total. The lowest BCUT2D eigenvalue weighted by molar-refractivity contribution is -0.121. The maximum absolute atomic E-state index is 10.9. The van der Waals surface area contributed by atoms with E-state index in [4.69, 9.17) is 5.11 Å². The van der Waals surface area contributed by atoms with Gasteiger partial charge in [-0.05, 0) is 13.0 Å². The molecule has 1 amide bonds. The third kappa shape index (κ3) is 5.09. The summed E-state index contributed by atoms with van der Waals surface area (Å²) in [6.07, 6.45) is 0.997. The number of nitrogens with one attached hydrogen (secondary N) is 1. The van der Waals surface area contributed by atoms with Crippen LogP contribution in [-0.4, -0.2) is 49.2 Å². The number of aliphatic hydroxyl groups is 1. The highest BCUT2D eigenvalue weighted by Gasteiger charge is 2.06. The summed E-state index contributed by atoms with van der Waals surface area (Å²) in [6, 6.07) is 0. The Balaban J connectivity index is 3.68. The SMILES string of the molecule is CCCN(CCO)CC(=O)NC. The summed E-state index contributed by atoms with van der Waals surface area (Å²) in [5.41, 5.74) is 0. The number of hydrogen-bond acceptors (Lipinski definition) is 3. The fraction of sp³-hybridized carbons (Fsp3) is 0.875. The first kappa shape index (κ1) is 11.4. The maximum Gasteiger partial charge on any atom is 0.233 e. The number of carbonyl (C=O) groups excluding carboxylic acids is 1. The number of amides is 1. The van der Waals surface area contributed by atoms with Crippen LogP contribution in [0.1, 0.15) is 13.3 Å². The van der Waals surface area contributed by atoms with E-state index in [1.54, 1.807) is 7.05 Å². The van der Waals surface area contributed by atoms with Crippen LogP contribution >= 0.6 is 0 Å². The van der Waals surface area contributed by atoms with Gasteiger partial charge < -0.3 is 10.4 Å². The smallest absolute Gasteiger partial charge is 0.233 e. The van der Waals surface area contributed by atoms with Crippen molar-refractivity contribution in [1.29, 1.82) is 0 Å². The zero-order chi connectivity index (χ0) is 9.40. The number of aliphatic hydroxyl groups excluding tert-OH is 1. The summed E-state index contributed by atoms with van der Waals surface area (Å²) in [7, 11) is 1.62. The predicted molar refractivity (Wildman–Crippen MR) is 47.9 cm³/mol. The van der Waals surface area contributed by atoms with Crippen LogP contribution in [0, 0.1) is 0 Å². The highest BCUT2D eigenvalue weighted by molar-refractivity contribution is 5.77. The molecule has 0 aliphatic carbocycles. The van der Waals surface area contributed by atoms with Crippen molar-refractivity contribution in [2.75, 3.05) is 33.3 Å². The van der Waals surface area contributed by atoms with E-state index < -0.39 is 0 Å². The molecule has 0 heterocycles. The van der Waals surface area contributed by atoms with E-state index in [9.17, 15) is 4.79 Å². The van der Waals surface area contributed by atoms with Crippen molar-refractivity contribution in [3.05, 3.63) is 0 Å². The van der Waals surface area contributed by atoms with Crippen molar-refractivity contribution in [1.82, 2.24) is 10.2 Å². The molecule has 0 saturated heterocycles. The molecular weight excluding hydrogens is 156 g/mol. The quantitative estimate of drug-likeness (QED) is 0.567. The molecule has 0 aliphatic heterocycles. The first-order valence-corrected chi connectivity index (χ1v) is 4.28. The van der Waals surface area contributed by atoms with Crippen molar-refractivity contribution >= 4 is 5.91 Å². The van der Waals surface area contributed by atoms with E-state index in [0.717, 1.165) is 13.0 Å². The molecule has 0 aliphatic rings. The van der Waals surface area contributed by atoms with Gasteiger partial charge in [-0.1, -0.05) is 6.92 Å². The summed E-state index contributed by atoms with van der Waals surface area (Å²) >= 11 is 0. The minimum atomic E-state index is -0.00287. The highest BCUT2D eigenvalue weighted by atomic mass is 16.3. The second-order valence-corrected chi connectivity index (χ2v) is 2.67. The monoisotopic (exact) mass is 174 g/mol. The fourth-order valence-electron chi connectivity index (χ4n) is 1.01. The molecule has 0 aromatic carbocycles. The molecule has 4 heteroatoms. The Bertz CT molecular complexity index is 122. The Morgan fingerprint density at radius 2 is 2.17 bits per heavy atom. The number of carbonyl (C=O) groups is 1. The Kier molecular flexibility index (Phi) is 6.70. The van der Waals surface area contributed by atoms with Crippen LogP contribution in [0.25, 0.3) is 0 Å². The minimum absolute atomic E-state index is 0.00287. The average molecular weight is 174 g/mol. The summed E-state index contributed by atoms with van der Waals surface area (Å²) in [5.74, 6) is -0.00287. The molecule has 0 saturated carbocycles. The summed E-state index contributed by atoms with van der Waals surface area (Å²) in [5, 5.41) is 11.2. The van der Waals surface area contributed by atoms with E-state index in [0.29, 0.717) is 13.1 Å². The summed E-state index contributed by atoms with van der Waals surface area (Å²) < 4.78 is 0. The van der Waals surface area contributed by atoms with Crippen LogP contribution in [0.15, 0.2) is 0 Å². The van der Waals surface area contributed by atoms with E-state index in [-0.39, 0.29) is 12.5 Å². The second kappa shape index (κ2) is 7.06. The van der Waals surface area contributed by atoms with E-state index in [2.05, 4.69) is 5.32 Å². The van der Waals surface area contributed by atoms with Gasteiger partial charge in [0.1, 0.15) is 0 Å². The molecule has 2 N–H and O–H groups in total. The summed E-state index contributed by atoms with van der Waals surface area (Å²) in [6.45, 7) is 3.96. The van der Waals surface area contributed by atoms with Crippen LogP contribution in [0.4, 0.5) is 0 Å². The second-order valence-electron chi connectivity index (χ2n) is 2.67. The molecule has 0 atom stereocenters. The first-order valence-electron chi connectivity index (χ1n) is 4.28. The fourth-order valence-corrected chi connectivity index (χ4v) is 1.01. The zero-order valence-electron chi connectivity index (χ0n) is 7.84. The molecule has 0 aromatic heterocycles. The first-order chi connectivity index (χ1) is 5.74.